The molecule has 0 unspecified atom stereocenters. The summed E-state index contributed by atoms with van der Waals surface area (Å²) >= 11 is 0. The molecule has 2 heterocycles. The van der Waals surface area contributed by atoms with Crippen molar-refractivity contribution in [2.45, 2.75) is 6.92 Å². The van der Waals surface area contributed by atoms with E-state index in [0.29, 0.717) is 6.54 Å². The summed E-state index contributed by atoms with van der Waals surface area (Å²) in [6.07, 6.45) is 6.46. The van der Waals surface area contributed by atoms with E-state index in [1.807, 2.05) is 31.2 Å². The van der Waals surface area contributed by atoms with Gasteiger partial charge in [-0.2, -0.15) is 0 Å². The Hall–Kier alpha value is -3.54. The van der Waals surface area contributed by atoms with Crippen LogP contribution in [0.3, 0.4) is 0 Å². The molecule has 136 valence electrons. The fraction of sp³-hybridized carbons (Fsp3) is 0.143. The fourth-order valence-electron chi connectivity index (χ4n) is 2.68. The van der Waals surface area contributed by atoms with Crippen molar-refractivity contribution < 1.29 is 4.79 Å². The number of rotatable bonds is 6. The maximum Gasteiger partial charge on any atom is 0.243 e. The molecule has 0 aliphatic heterocycles. The molecular formula is C21H21N5O. The third kappa shape index (κ3) is 4.36. The molecule has 3 rings (SSSR count). The Morgan fingerprint density at radius 3 is 2.85 bits per heavy atom. The number of hydrogen-bond acceptors (Lipinski definition) is 5. The van der Waals surface area contributed by atoms with Crippen molar-refractivity contribution in [1.82, 2.24) is 20.3 Å². The van der Waals surface area contributed by atoms with Gasteiger partial charge in [-0.3, -0.25) is 9.78 Å². The molecule has 0 saturated heterocycles. The van der Waals surface area contributed by atoms with Crippen LogP contribution in [0, 0.1) is 6.92 Å². The van der Waals surface area contributed by atoms with Crippen molar-refractivity contribution in [3.05, 3.63) is 72.7 Å². The normalized spacial score (nSPS) is 10.9. The second kappa shape index (κ2) is 8.23. The van der Waals surface area contributed by atoms with E-state index in [4.69, 9.17) is 0 Å². The number of hydrogen-bond donors (Lipinski definition) is 2. The molecule has 0 fully saturated rings. The number of anilines is 1. The Morgan fingerprint density at radius 2 is 2.04 bits per heavy atom. The fourth-order valence-corrected chi connectivity index (χ4v) is 2.68. The lowest BCUT2D eigenvalue weighted by Crippen LogP contribution is -2.14. The zero-order chi connectivity index (χ0) is 19.2. The smallest absolute Gasteiger partial charge is 0.243 e. The number of fused-ring (bicyclic) bond motifs is 1. The molecule has 27 heavy (non-hydrogen) atoms. The standard InChI is InChI=1S/C21H21N5O/c1-14(6-9-19(27)22-3)12-24-21-15(2)20(25-13-26-21)17-7-8-18-16(11-17)5-4-10-23-18/h4-11,13H,1,12H2,2-3H3,(H,22,27)(H,24,25,26)/b9-6-. The van der Waals surface area contributed by atoms with Gasteiger partial charge in [-0.25, -0.2) is 9.97 Å². The number of nitrogens with one attached hydrogen (secondary N) is 2. The Labute approximate surface area is 158 Å². The van der Waals surface area contributed by atoms with Crippen molar-refractivity contribution >= 4 is 22.6 Å². The van der Waals surface area contributed by atoms with Crippen LogP contribution >= 0.6 is 0 Å². The number of likely N-dealkylation sites (N-methyl/N-ethyl adjacent to an activating group) is 1. The van der Waals surface area contributed by atoms with Crippen LogP contribution in [0.4, 0.5) is 5.82 Å². The molecule has 0 spiro atoms. The molecule has 6 nitrogen and oxygen atoms in total. The molecule has 0 radical (unpaired) electrons. The van der Waals surface area contributed by atoms with E-state index in [1.165, 1.54) is 6.08 Å². The first-order chi connectivity index (χ1) is 13.1. The summed E-state index contributed by atoms with van der Waals surface area (Å²) in [5, 5.41) is 6.85. The minimum atomic E-state index is -0.164. The number of nitrogens with zero attached hydrogens (tertiary/aromatic N) is 3. The summed E-state index contributed by atoms with van der Waals surface area (Å²) in [6, 6.07) is 10.0. The molecule has 2 N–H and O–H groups in total. The van der Waals surface area contributed by atoms with E-state index in [1.54, 1.807) is 25.6 Å². The lowest BCUT2D eigenvalue weighted by atomic mass is 10.0. The van der Waals surface area contributed by atoms with Crippen molar-refractivity contribution in [2.24, 2.45) is 0 Å². The molecule has 0 aliphatic rings. The van der Waals surface area contributed by atoms with Crippen LogP contribution in [0.25, 0.3) is 22.2 Å². The van der Waals surface area contributed by atoms with E-state index in [9.17, 15) is 4.79 Å². The molecule has 0 bridgehead atoms. The lowest BCUT2D eigenvalue weighted by Gasteiger charge is -2.12. The lowest BCUT2D eigenvalue weighted by molar-refractivity contribution is -0.116. The summed E-state index contributed by atoms with van der Waals surface area (Å²) in [5.41, 5.74) is 4.55. The average Bonchev–Trinajstić information content (AvgIpc) is 2.70. The maximum atomic E-state index is 11.3. The van der Waals surface area contributed by atoms with Crippen LogP contribution in [0.5, 0.6) is 0 Å². The Bertz CT molecular complexity index is 1030. The van der Waals surface area contributed by atoms with E-state index >= 15 is 0 Å². The second-order valence-corrected chi connectivity index (χ2v) is 6.07. The van der Waals surface area contributed by atoms with Gasteiger partial charge in [-0.05, 0) is 30.7 Å². The van der Waals surface area contributed by atoms with Gasteiger partial charge in [0.15, 0.2) is 0 Å². The van der Waals surface area contributed by atoms with Gasteiger partial charge in [0, 0.05) is 42.4 Å². The van der Waals surface area contributed by atoms with Gasteiger partial charge in [-0.15, -0.1) is 0 Å². The van der Waals surface area contributed by atoms with E-state index < -0.39 is 0 Å². The number of carbonyl (C=O) groups is 1. The summed E-state index contributed by atoms with van der Waals surface area (Å²) in [4.78, 5) is 24.4. The molecule has 0 atom stereocenters. The van der Waals surface area contributed by atoms with Gasteiger partial charge >= 0.3 is 0 Å². The van der Waals surface area contributed by atoms with E-state index in [0.717, 1.165) is 39.1 Å². The average molecular weight is 359 g/mol. The van der Waals surface area contributed by atoms with E-state index in [2.05, 4.69) is 38.2 Å². The Morgan fingerprint density at radius 1 is 1.19 bits per heavy atom. The first-order valence-corrected chi connectivity index (χ1v) is 8.56. The largest absolute Gasteiger partial charge is 0.366 e. The van der Waals surface area contributed by atoms with Crippen LogP contribution in [0.15, 0.2) is 67.2 Å². The molecular weight excluding hydrogens is 338 g/mol. The number of amides is 1. The highest BCUT2D eigenvalue weighted by molar-refractivity contribution is 5.87. The van der Waals surface area contributed by atoms with Crippen LogP contribution in [0.2, 0.25) is 0 Å². The van der Waals surface area contributed by atoms with Crippen molar-refractivity contribution in [3.8, 4) is 11.3 Å². The molecule has 1 aromatic carbocycles. The van der Waals surface area contributed by atoms with Gasteiger partial charge in [0.05, 0.1) is 11.2 Å². The van der Waals surface area contributed by atoms with E-state index in [-0.39, 0.29) is 5.91 Å². The first-order valence-electron chi connectivity index (χ1n) is 8.56. The molecule has 0 saturated carbocycles. The summed E-state index contributed by atoms with van der Waals surface area (Å²) in [7, 11) is 1.59. The van der Waals surface area contributed by atoms with Crippen LogP contribution in [-0.2, 0) is 4.79 Å². The maximum absolute atomic E-state index is 11.3. The van der Waals surface area contributed by atoms with Crippen molar-refractivity contribution in [1.29, 1.82) is 0 Å². The number of benzene rings is 1. The predicted octanol–water partition coefficient (Wildman–Crippen LogP) is 3.27. The quantitative estimate of drug-likeness (QED) is 0.522. The zero-order valence-electron chi connectivity index (χ0n) is 15.4. The Balaban J connectivity index is 1.80. The minimum absolute atomic E-state index is 0.164. The highest BCUT2D eigenvalue weighted by Crippen LogP contribution is 2.27. The minimum Gasteiger partial charge on any atom is -0.366 e. The van der Waals surface area contributed by atoms with Crippen molar-refractivity contribution in [2.75, 3.05) is 18.9 Å². The highest BCUT2D eigenvalue weighted by Gasteiger charge is 2.10. The summed E-state index contributed by atoms with van der Waals surface area (Å²) < 4.78 is 0. The zero-order valence-corrected chi connectivity index (χ0v) is 15.4. The third-order valence-corrected chi connectivity index (χ3v) is 4.16. The summed E-state index contributed by atoms with van der Waals surface area (Å²) in [6.45, 7) is 6.40. The molecule has 1 amide bonds. The number of pyridine rings is 1. The van der Waals surface area contributed by atoms with Gasteiger partial charge in [0.1, 0.15) is 12.1 Å². The molecule has 3 aromatic rings. The Kier molecular flexibility index (Phi) is 5.56. The van der Waals surface area contributed by atoms with Crippen molar-refractivity contribution in [3.63, 3.8) is 0 Å². The molecule has 6 heteroatoms. The topological polar surface area (TPSA) is 79.8 Å². The molecule has 0 aliphatic carbocycles. The SMILES string of the molecule is C=C(/C=C\C(=O)NC)CNc1ncnc(-c2ccc3ncccc3c2)c1C. The van der Waals surface area contributed by atoms with Gasteiger partial charge in [0.2, 0.25) is 5.91 Å². The second-order valence-electron chi connectivity index (χ2n) is 6.07. The van der Waals surface area contributed by atoms with Crippen LogP contribution in [-0.4, -0.2) is 34.5 Å². The molecule has 2 aromatic heterocycles. The number of aromatic nitrogens is 3. The summed E-state index contributed by atoms with van der Waals surface area (Å²) in [5.74, 6) is 0.572. The van der Waals surface area contributed by atoms with Crippen LogP contribution < -0.4 is 10.6 Å². The number of carbonyl (C=O) groups excluding carboxylic acids is 1. The third-order valence-electron chi connectivity index (χ3n) is 4.16. The predicted molar refractivity (Wildman–Crippen MR) is 108 cm³/mol. The first kappa shape index (κ1) is 18.3. The van der Waals surface area contributed by atoms with Gasteiger partial charge in [-0.1, -0.05) is 24.8 Å². The van der Waals surface area contributed by atoms with Gasteiger partial charge in [0.25, 0.3) is 0 Å². The van der Waals surface area contributed by atoms with Crippen LogP contribution in [0.1, 0.15) is 5.56 Å². The highest BCUT2D eigenvalue weighted by atomic mass is 16.1. The monoisotopic (exact) mass is 359 g/mol. The van der Waals surface area contributed by atoms with Gasteiger partial charge < -0.3 is 10.6 Å².